The van der Waals surface area contributed by atoms with Crippen molar-refractivity contribution in [2.45, 2.75) is 274 Å². The summed E-state index contributed by atoms with van der Waals surface area (Å²) in [4.78, 5) is 255. The topological polar surface area (TPSA) is 475 Å². The molecule has 8 aromatic rings. The summed E-state index contributed by atoms with van der Waals surface area (Å²) in [6.45, 7) is 62.7. The van der Waals surface area contributed by atoms with Crippen molar-refractivity contribution in [2.24, 2.45) is 0 Å². The van der Waals surface area contributed by atoms with E-state index >= 15 is 0 Å². The second kappa shape index (κ2) is 63.0. The molecule has 1 saturated heterocycles. The van der Waals surface area contributed by atoms with Crippen LogP contribution in [-0.2, 0) is 136 Å². The van der Waals surface area contributed by atoms with Crippen molar-refractivity contribution in [2.75, 3.05) is 6.61 Å². The van der Waals surface area contributed by atoms with Gasteiger partial charge in [0.2, 0.25) is 0 Å². The zero-order valence-corrected chi connectivity index (χ0v) is 82.0. The smallest absolute Gasteiger partial charge is 0.341 e. The predicted octanol–water partition coefficient (Wildman–Crippen LogP) is 3.53. The van der Waals surface area contributed by atoms with Gasteiger partial charge in [0.25, 0.3) is 0 Å². The molecule has 7 aromatic heterocycles. The number of aromatic nitrogens is 21. The van der Waals surface area contributed by atoms with E-state index in [2.05, 4.69) is 106 Å². The number of hydrogen-bond donors (Lipinski definition) is 0. The number of allylic oxidation sites excluding steroid dienone is 14. The summed E-state index contributed by atoms with van der Waals surface area (Å²) < 4.78 is 26.6. The standard InChI is InChI=1S/C17H27N3O3.C15H15N3O3.C15H23N3O3.C14H21N3O3.C13H19N3O3.C12H15N3O4.C12H17N3O3/c1-4-7-8-9-10-11-14-20-16(22)18(12-5-2)15(21)19(13-6-3)17(20)23;1-3-10-16-13(19)17(11-4-2)15(21)18(14(16)20)12-8-6-5-7-9-12;1-4-7-8-9-12-18-14(20)16(10-5-2)13(19)17(11-6-3)15(18)21;1-4-7-8-11-17-13(19)15(9-5-2)12(18)16(10-6-3)14(17)20;1-4-7-10-16-12(18)14(8-5-2)11(17)15(9-6-3)13(16)19;1-3-5-13-10(16)14(6-4-2)12(18)15(11(13)17)7-9-8-19-9;1-4-7-13-10(16)14(8-5-2)12(18)15(9-6-3)11(13)17/h5-6H,2-4,7-14H2,1H3;3-9H,1-2,10-11H2;5-6H,2-4,7-12H2,1H3;5-6H,2-4,7-11H2,1H3;5-6H,2-4,7-10H2,1H3;3-4,9H,1-2,5-8H2;4-5H,1-2,6-9H2,3H3. The van der Waals surface area contributed by atoms with Crippen molar-refractivity contribution < 1.29 is 4.74 Å². The van der Waals surface area contributed by atoms with Crippen molar-refractivity contribution in [3.8, 4) is 5.69 Å². The van der Waals surface area contributed by atoms with Gasteiger partial charge in [0, 0.05) is 32.7 Å². The van der Waals surface area contributed by atoms with Crippen LogP contribution in [0.25, 0.3) is 5.69 Å². The van der Waals surface area contributed by atoms with Crippen LogP contribution in [0.1, 0.15) is 137 Å². The van der Waals surface area contributed by atoms with Gasteiger partial charge in [0.1, 0.15) is 0 Å². The molecule has 141 heavy (non-hydrogen) atoms. The van der Waals surface area contributed by atoms with E-state index in [9.17, 15) is 101 Å². The molecule has 1 aromatic carbocycles. The third-order valence-corrected chi connectivity index (χ3v) is 20.9. The van der Waals surface area contributed by atoms with E-state index in [0.29, 0.717) is 51.3 Å². The molecule has 1 atom stereocenters. The highest BCUT2D eigenvalue weighted by Gasteiger charge is 2.27. The number of para-hydroxylation sites is 1. The zero-order valence-electron chi connectivity index (χ0n) is 82.0. The third-order valence-electron chi connectivity index (χ3n) is 20.9. The molecule has 0 aliphatic carbocycles. The molecule has 1 aliphatic rings. The Bertz CT molecular complexity index is 6810. The number of hydrogen-bond acceptors (Lipinski definition) is 22. The van der Waals surface area contributed by atoms with Crippen molar-refractivity contribution in [1.82, 2.24) is 95.9 Å². The molecule has 1 fully saturated rings. The lowest BCUT2D eigenvalue weighted by atomic mass is 10.1. The molecule has 1 unspecified atom stereocenters. The van der Waals surface area contributed by atoms with Gasteiger partial charge in [-0.1, -0.05) is 209 Å². The summed E-state index contributed by atoms with van der Waals surface area (Å²) in [5, 5.41) is 0. The van der Waals surface area contributed by atoms with Gasteiger partial charge in [-0.3, -0.25) is 0 Å². The fraction of sp³-hybridized carbons (Fsp3) is 0.439. The van der Waals surface area contributed by atoms with E-state index < -0.39 is 119 Å². The molecule has 0 radical (unpaired) electrons. The molecular formula is C98H137N21O22. The van der Waals surface area contributed by atoms with Crippen LogP contribution in [0, 0.1) is 0 Å². The first-order valence-corrected chi connectivity index (χ1v) is 46.4. The molecule has 43 nitrogen and oxygen atoms in total. The molecule has 9 rings (SSSR count). The monoisotopic (exact) mass is 1960 g/mol. The molecule has 0 amide bonds. The van der Waals surface area contributed by atoms with Crippen molar-refractivity contribution in [3.05, 3.63) is 428 Å². The number of ether oxygens (including phenoxy) is 1. The molecule has 0 bridgehead atoms. The molecule has 0 N–H and O–H groups in total. The Morgan fingerprint density at radius 1 is 0.206 bits per heavy atom. The van der Waals surface area contributed by atoms with Gasteiger partial charge in [-0.2, -0.15) is 0 Å². The van der Waals surface area contributed by atoms with Crippen molar-refractivity contribution in [3.63, 3.8) is 0 Å². The lowest BCUT2D eigenvalue weighted by Gasteiger charge is -2.12. The Labute approximate surface area is 811 Å². The van der Waals surface area contributed by atoms with Crippen molar-refractivity contribution in [1.29, 1.82) is 0 Å². The number of rotatable bonds is 52. The number of nitrogens with zero attached hydrogens (tertiary/aromatic N) is 21. The van der Waals surface area contributed by atoms with E-state index in [0.717, 1.165) is 167 Å². The lowest BCUT2D eigenvalue weighted by Crippen LogP contribution is -2.54. The fourth-order valence-corrected chi connectivity index (χ4v) is 13.8. The predicted molar refractivity (Wildman–Crippen MR) is 551 cm³/mol. The second-order valence-corrected chi connectivity index (χ2v) is 31.4. The lowest BCUT2D eigenvalue weighted by molar-refractivity contribution is 0.362. The SMILES string of the molecule is C=CCn1c(=O)n(CC=C)c(=O)n(-c2ccccc2)c1=O.C=CCn1c(=O)n(CC=C)c(=O)n(CC2CO2)c1=O.C=CCn1c(=O)n(CC=C)c(=O)n(CCC)c1=O.C=CCn1c(=O)n(CC=C)c(=O)n(CCCC)c1=O.C=CCn1c(=O)n(CC=C)c(=O)n(CCCCC)c1=O.C=CCn1c(=O)n(CC=C)c(=O)n(CCCCCC)c1=O.C=CCn1c(=O)n(CC=C)c(=O)n(CCCCCCCC)c1=O. The van der Waals surface area contributed by atoms with E-state index in [1.807, 2.05) is 20.8 Å². The first kappa shape index (κ1) is 120. The van der Waals surface area contributed by atoms with E-state index in [1.165, 1.54) is 104 Å². The largest absolute Gasteiger partial charge is 0.371 e. The molecule has 8 heterocycles. The first-order chi connectivity index (χ1) is 67.6. The van der Waals surface area contributed by atoms with Crippen LogP contribution in [0.2, 0.25) is 0 Å². The Balaban J connectivity index is 0.000000423. The number of benzene rings is 1. The number of epoxide rings is 1. The summed E-state index contributed by atoms with van der Waals surface area (Å²) in [7, 11) is 0. The first-order valence-electron chi connectivity index (χ1n) is 46.4. The zero-order chi connectivity index (χ0) is 106. The fourth-order valence-electron chi connectivity index (χ4n) is 13.8. The van der Waals surface area contributed by atoms with Crippen LogP contribution in [-0.4, -0.2) is 109 Å². The summed E-state index contributed by atoms with van der Waals surface area (Å²) >= 11 is 0. The Kier molecular flexibility index (Phi) is 53.4. The van der Waals surface area contributed by atoms with E-state index in [-0.39, 0.29) is 111 Å². The summed E-state index contributed by atoms with van der Waals surface area (Å²) in [6, 6.07) is 8.45. The highest BCUT2D eigenvalue weighted by molar-refractivity contribution is 5.30. The van der Waals surface area contributed by atoms with Gasteiger partial charge in [0.05, 0.1) is 117 Å². The van der Waals surface area contributed by atoms with Gasteiger partial charge in [-0.25, -0.2) is 197 Å². The minimum absolute atomic E-state index is 0.0297. The van der Waals surface area contributed by atoms with Crippen molar-refractivity contribution >= 4 is 0 Å². The summed E-state index contributed by atoms with van der Waals surface area (Å²) in [5.74, 6) is 0. The van der Waals surface area contributed by atoms with Gasteiger partial charge in [-0.05, 0) is 44.2 Å². The van der Waals surface area contributed by atoms with E-state index in [1.54, 1.807) is 30.3 Å². The van der Waals surface area contributed by atoms with Crippen LogP contribution >= 0.6 is 0 Å². The molecule has 0 spiro atoms. The average molecular weight is 1960 g/mol. The minimum Gasteiger partial charge on any atom is -0.371 e. The Morgan fingerprint density at radius 3 is 0.574 bits per heavy atom. The summed E-state index contributed by atoms with van der Waals surface area (Å²) in [6.07, 6.45) is 35.2. The normalized spacial score (nSPS) is 11.3. The van der Waals surface area contributed by atoms with Crippen LogP contribution in [0.3, 0.4) is 0 Å². The quantitative estimate of drug-likeness (QED) is 0.0299. The van der Waals surface area contributed by atoms with Gasteiger partial charge in [-0.15, -0.1) is 92.1 Å². The van der Waals surface area contributed by atoms with E-state index in [4.69, 9.17) is 4.74 Å². The molecule has 766 valence electrons. The maximum absolute atomic E-state index is 12.4. The number of unbranched alkanes of at least 4 members (excludes halogenated alkanes) is 11. The third kappa shape index (κ3) is 32.5. The maximum Gasteiger partial charge on any atom is 0.341 e. The van der Waals surface area contributed by atoms with Crippen LogP contribution in [0.4, 0.5) is 0 Å². The van der Waals surface area contributed by atoms with Gasteiger partial charge < -0.3 is 4.74 Å². The summed E-state index contributed by atoms with van der Waals surface area (Å²) in [5.41, 5.74) is -12.4. The van der Waals surface area contributed by atoms with Crippen LogP contribution < -0.4 is 119 Å². The van der Waals surface area contributed by atoms with Gasteiger partial charge >= 0.3 is 119 Å². The average Bonchev–Trinajstić information content (AvgIpc) is 1.33. The molecule has 1 aliphatic heterocycles. The van der Waals surface area contributed by atoms with Crippen LogP contribution in [0.15, 0.2) is 308 Å². The van der Waals surface area contributed by atoms with Crippen LogP contribution in [0.5, 0.6) is 0 Å². The molecular weight excluding hydrogens is 1820 g/mol. The maximum atomic E-state index is 12.4. The Morgan fingerprint density at radius 2 is 0.369 bits per heavy atom. The highest BCUT2D eigenvalue weighted by Crippen LogP contribution is 2.10. The highest BCUT2D eigenvalue weighted by atomic mass is 16.6. The molecule has 43 heteroatoms. The minimum atomic E-state index is -0.684. The second-order valence-electron chi connectivity index (χ2n) is 31.4. The molecule has 0 saturated carbocycles. The van der Waals surface area contributed by atoms with Gasteiger partial charge in [0.15, 0.2) is 0 Å². The Hall–Kier alpha value is -15.6.